The highest BCUT2D eigenvalue weighted by molar-refractivity contribution is 6.12. The second-order valence-electron chi connectivity index (χ2n) is 6.20. The Hall–Kier alpha value is -2.12. The number of amides is 4. The molecule has 124 valence electrons. The predicted molar refractivity (Wildman–Crippen MR) is 77.7 cm³/mol. The molecule has 1 rings (SSSR count). The van der Waals surface area contributed by atoms with Crippen LogP contribution in [-0.2, 0) is 19.1 Å². The van der Waals surface area contributed by atoms with E-state index in [-0.39, 0.29) is 6.61 Å². The molecule has 22 heavy (non-hydrogen) atoms. The molecular weight excluding hydrogens is 290 g/mol. The summed E-state index contributed by atoms with van der Waals surface area (Å²) in [5.41, 5.74) is -0.574. The zero-order valence-corrected chi connectivity index (χ0v) is 13.8. The minimum absolute atomic E-state index is 0.0923. The van der Waals surface area contributed by atoms with Gasteiger partial charge in [0.1, 0.15) is 5.92 Å². The molecule has 1 heterocycles. The Balaban J connectivity index is 3.20. The van der Waals surface area contributed by atoms with Gasteiger partial charge < -0.3 is 15.0 Å². The number of esters is 1. The van der Waals surface area contributed by atoms with Gasteiger partial charge in [0.05, 0.1) is 6.61 Å². The van der Waals surface area contributed by atoms with Gasteiger partial charge in [0, 0.05) is 19.6 Å². The monoisotopic (exact) mass is 313 g/mol. The van der Waals surface area contributed by atoms with Crippen LogP contribution in [0.2, 0.25) is 0 Å². The Morgan fingerprint density at radius 3 is 2.23 bits per heavy atom. The number of nitrogens with zero attached hydrogens (tertiary/aromatic N) is 2. The average Bonchev–Trinajstić information content (AvgIpc) is 2.38. The molecule has 0 spiro atoms. The number of imide groups is 1. The van der Waals surface area contributed by atoms with Crippen molar-refractivity contribution in [2.24, 2.45) is 5.92 Å². The lowest BCUT2D eigenvalue weighted by atomic mass is 9.92. The summed E-state index contributed by atoms with van der Waals surface area (Å²) in [6.45, 7) is 6.98. The fourth-order valence-corrected chi connectivity index (χ4v) is 2.24. The predicted octanol–water partition coefficient (Wildman–Crippen LogP) is -0.0272. The van der Waals surface area contributed by atoms with Crippen LogP contribution in [0.3, 0.4) is 0 Å². The van der Waals surface area contributed by atoms with Gasteiger partial charge in [-0.15, -0.1) is 0 Å². The van der Waals surface area contributed by atoms with E-state index < -0.39 is 41.3 Å². The number of ether oxygens (including phenoxy) is 1. The first-order valence-corrected chi connectivity index (χ1v) is 7.04. The van der Waals surface area contributed by atoms with Crippen molar-refractivity contribution in [3.05, 3.63) is 0 Å². The molecule has 0 aromatic heterocycles. The molecule has 1 aliphatic rings. The Morgan fingerprint density at radius 2 is 1.77 bits per heavy atom. The minimum Gasteiger partial charge on any atom is -0.464 e. The lowest BCUT2D eigenvalue weighted by Crippen LogP contribution is -2.66. The summed E-state index contributed by atoms with van der Waals surface area (Å²) in [7, 11) is 2.64. The molecule has 0 aromatic carbocycles. The minimum atomic E-state index is -1.33. The highest BCUT2D eigenvalue weighted by Gasteiger charge is 2.51. The quantitative estimate of drug-likeness (QED) is 0.583. The van der Waals surface area contributed by atoms with Gasteiger partial charge in [0.15, 0.2) is 6.04 Å². The van der Waals surface area contributed by atoms with E-state index in [0.717, 1.165) is 9.80 Å². The summed E-state index contributed by atoms with van der Waals surface area (Å²) in [5.74, 6) is -3.43. The van der Waals surface area contributed by atoms with Crippen LogP contribution >= 0.6 is 0 Å². The largest absolute Gasteiger partial charge is 0.464 e. The molecule has 4 amide bonds. The van der Waals surface area contributed by atoms with Crippen LogP contribution < -0.4 is 5.32 Å². The molecule has 1 N–H and O–H groups in total. The molecule has 0 unspecified atom stereocenters. The molecule has 1 saturated heterocycles. The van der Waals surface area contributed by atoms with E-state index in [4.69, 9.17) is 4.74 Å². The summed E-state index contributed by atoms with van der Waals surface area (Å²) in [4.78, 5) is 50.8. The lowest BCUT2D eigenvalue weighted by molar-refractivity contribution is -0.161. The molecule has 0 aliphatic carbocycles. The van der Waals surface area contributed by atoms with E-state index in [9.17, 15) is 19.2 Å². The summed E-state index contributed by atoms with van der Waals surface area (Å²) >= 11 is 0. The highest BCUT2D eigenvalue weighted by atomic mass is 16.5. The van der Waals surface area contributed by atoms with Gasteiger partial charge >= 0.3 is 12.0 Å². The third kappa shape index (κ3) is 3.55. The number of hydrogen-bond donors (Lipinski definition) is 1. The van der Waals surface area contributed by atoms with Crippen molar-refractivity contribution in [2.75, 3.05) is 20.7 Å². The van der Waals surface area contributed by atoms with Gasteiger partial charge in [-0.25, -0.2) is 9.59 Å². The van der Waals surface area contributed by atoms with Crippen molar-refractivity contribution >= 4 is 23.8 Å². The van der Waals surface area contributed by atoms with Crippen molar-refractivity contribution in [3.63, 3.8) is 0 Å². The molecule has 1 fully saturated rings. The lowest BCUT2D eigenvalue weighted by Gasteiger charge is -2.40. The van der Waals surface area contributed by atoms with Gasteiger partial charge in [0.2, 0.25) is 11.8 Å². The van der Waals surface area contributed by atoms with Crippen molar-refractivity contribution in [1.29, 1.82) is 0 Å². The summed E-state index contributed by atoms with van der Waals surface area (Å²) in [5, 5.41) is 2.67. The number of nitrogens with one attached hydrogen (secondary N) is 1. The van der Waals surface area contributed by atoms with Crippen molar-refractivity contribution < 1.29 is 23.9 Å². The number of carbonyl (C=O) groups is 4. The number of carbonyl (C=O) groups excluding carboxylic acids is 4. The van der Waals surface area contributed by atoms with E-state index in [1.165, 1.54) is 14.1 Å². The third-order valence-corrected chi connectivity index (χ3v) is 3.23. The van der Waals surface area contributed by atoms with E-state index in [1.807, 2.05) is 0 Å². The fraction of sp³-hybridized carbons (Fsp3) is 0.714. The van der Waals surface area contributed by atoms with Crippen LogP contribution in [0.4, 0.5) is 4.79 Å². The second kappa shape index (κ2) is 6.33. The summed E-state index contributed by atoms with van der Waals surface area (Å²) in [6, 6.07) is -1.92. The normalized spacial score (nSPS) is 22.6. The van der Waals surface area contributed by atoms with Gasteiger partial charge in [-0.3, -0.25) is 14.5 Å². The molecule has 8 nitrogen and oxygen atoms in total. The molecule has 0 radical (unpaired) electrons. The highest BCUT2D eigenvalue weighted by Crippen LogP contribution is 2.23. The maximum Gasteiger partial charge on any atom is 0.330 e. The second-order valence-corrected chi connectivity index (χ2v) is 6.20. The molecule has 1 aliphatic heterocycles. The SMILES string of the molecule is CCOC(=O)[C@@H]1[C@@H](C(=O)NC(C)(C)C)C(=O)N(C)C(=O)N1C. The Labute approximate surface area is 129 Å². The van der Waals surface area contributed by atoms with E-state index in [2.05, 4.69) is 5.32 Å². The Bertz CT molecular complexity index is 497. The zero-order chi connectivity index (χ0) is 17.2. The topological polar surface area (TPSA) is 96.0 Å². The maximum absolute atomic E-state index is 12.4. The number of urea groups is 1. The molecule has 0 bridgehead atoms. The smallest absolute Gasteiger partial charge is 0.330 e. The fourth-order valence-electron chi connectivity index (χ4n) is 2.24. The van der Waals surface area contributed by atoms with Crippen molar-refractivity contribution in [3.8, 4) is 0 Å². The number of rotatable bonds is 3. The summed E-state index contributed by atoms with van der Waals surface area (Å²) < 4.78 is 4.91. The van der Waals surface area contributed by atoms with Crippen LogP contribution in [0, 0.1) is 5.92 Å². The van der Waals surface area contributed by atoms with Crippen LogP contribution in [0.25, 0.3) is 0 Å². The number of likely N-dealkylation sites (N-methyl/N-ethyl adjacent to an activating group) is 1. The van der Waals surface area contributed by atoms with E-state index in [1.54, 1.807) is 27.7 Å². The van der Waals surface area contributed by atoms with Crippen molar-refractivity contribution in [1.82, 2.24) is 15.1 Å². The molecule has 0 aromatic rings. The van der Waals surface area contributed by atoms with Crippen LogP contribution in [0.1, 0.15) is 27.7 Å². The summed E-state index contributed by atoms with van der Waals surface area (Å²) in [6.07, 6.45) is 0. The van der Waals surface area contributed by atoms with Gasteiger partial charge in [0.25, 0.3) is 0 Å². The van der Waals surface area contributed by atoms with Crippen LogP contribution in [-0.4, -0.2) is 65.9 Å². The Kier molecular flexibility index (Phi) is 5.16. The first-order chi connectivity index (χ1) is 10.0. The van der Waals surface area contributed by atoms with Crippen molar-refractivity contribution in [2.45, 2.75) is 39.3 Å². The van der Waals surface area contributed by atoms with Crippen LogP contribution in [0.5, 0.6) is 0 Å². The number of hydrogen-bond acceptors (Lipinski definition) is 5. The molecule has 2 atom stereocenters. The Morgan fingerprint density at radius 1 is 1.23 bits per heavy atom. The van der Waals surface area contributed by atoms with Gasteiger partial charge in [-0.1, -0.05) is 0 Å². The molecule has 0 saturated carbocycles. The zero-order valence-electron chi connectivity index (χ0n) is 13.8. The van der Waals surface area contributed by atoms with Crippen LogP contribution in [0.15, 0.2) is 0 Å². The average molecular weight is 313 g/mol. The molecule has 8 heteroatoms. The standard InChI is InChI=1S/C14H23N3O5/c1-7-22-12(20)9-8(10(18)15-14(2,3)4)11(19)17(6)13(21)16(9)5/h8-9H,7H2,1-6H3,(H,15,18)/t8-,9-/m0/s1. The first kappa shape index (κ1) is 17.9. The maximum atomic E-state index is 12.4. The molecular formula is C14H23N3O5. The van der Waals surface area contributed by atoms with E-state index in [0.29, 0.717) is 0 Å². The first-order valence-electron chi connectivity index (χ1n) is 7.04. The van der Waals surface area contributed by atoms with Gasteiger partial charge in [-0.05, 0) is 27.7 Å². The van der Waals surface area contributed by atoms with Gasteiger partial charge in [-0.2, -0.15) is 0 Å². The third-order valence-electron chi connectivity index (χ3n) is 3.23. The van der Waals surface area contributed by atoms with E-state index >= 15 is 0 Å².